The van der Waals surface area contributed by atoms with Gasteiger partial charge < -0.3 is 0 Å². The number of nitriles is 1. The Labute approximate surface area is 91.8 Å². The summed E-state index contributed by atoms with van der Waals surface area (Å²) in [6.45, 7) is 0.0297. The summed E-state index contributed by atoms with van der Waals surface area (Å²) >= 11 is 0. The first kappa shape index (κ1) is 10.3. The highest BCUT2D eigenvalue weighted by Crippen LogP contribution is 2.22. The Morgan fingerprint density at radius 3 is 2.25 bits per heavy atom. The molecule has 1 aromatic carbocycles. The number of fused-ring (bicyclic) bond motifs is 1. The Morgan fingerprint density at radius 1 is 1.19 bits per heavy atom. The van der Waals surface area contributed by atoms with Crippen molar-refractivity contribution < 1.29 is 14.4 Å². The van der Waals surface area contributed by atoms with Gasteiger partial charge >= 0.3 is 0 Å². The van der Waals surface area contributed by atoms with E-state index in [-0.39, 0.29) is 13.0 Å². The van der Waals surface area contributed by atoms with Gasteiger partial charge in [0.1, 0.15) is 0 Å². The molecule has 0 atom stereocenters. The fourth-order valence-corrected chi connectivity index (χ4v) is 1.47. The van der Waals surface area contributed by atoms with Gasteiger partial charge in [0.05, 0.1) is 30.2 Å². The van der Waals surface area contributed by atoms with Crippen LogP contribution in [0.15, 0.2) is 24.3 Å². The third kappa shape index (κ3) is 1.55. The lowest BCUT2D eigenvalue weighted by Gasteiger charge is -2.11. The van der Waals surface area contributed by atoms with E-state index in [1.165, 1.54) is 0 Å². The molecule has 0 saturated heterocycles. The largest absolute Gasteiger partial charge is 0.285 e. The second-order valence-corrected chi connectivity index (χ2v) is 3.19. The molecule has 1 aromatic rings. The molecule has 0 unspecified atom stereocenters. The summed E-state index contributed by atoms with van der Waals surface area (Å²) in [4.78, 5) is 28.4. The molecule has 0 bridgehead atoms. The molecule has 0 aliphatic carbocycles. The van der Waals surface area contributed by atoms with E-state index >= 15 is 0 Å². The van der Waals surface area contributed by atoms with Crippen LogP contribution in [0.1, 0.15) is 27.1 Å². The van der Waals surface area contributed by atoms with Gasteiger partial charge in [0.25, 0.3) is 11.8 Å². The van der Waals surface area contributed by atoms with E-state index in [1.807, 2.05) is 6.07 Å². The number of nitrogens with zero attached hydrogens (tertiary/aromatic N) is 2. The topological polar surface area (TPSA) is 70.4 Å². The number of hydroxylamine groups is 2. The van der Waals surface area contributed by atoms with Gasteiger partial charge in [-0.05, 0) is 12.1 Å². The van der Waals surface area contributed by atoms with Crippen LogP contribution in [0.2, 0.25) is 0 Å². The number of carbonyl (C=O) groups is 2. The second kappa shape index (κ2) is 4.13. The summed E-state index contributed by atoms with van der Waals surface area (Å²) in [7, 11) is 0. The fourth-order valence-electron chi connectivity index (χ4n) is 1.47. The normalized spacial score (nSPS) is 13.8. The monoisotopic (exact) mass is 216 g/mol. The van der Waals surface area contributed by atoms with E-state index < -0.39 is 11.8 Å². The molecular formula is C11H8N2O3. The number of rotatable bonds is 3. The molecule has 80 valence electrons. The summed E-state index contributed by atoms with van der Waals surface area (Å²) in [6.07, 6.45) is 0.132. The average Bonchev–Trinajstić information content (AvgIpc) is 2.55. The maximum absolute atomic E-state index is 11.7. The van der Waals surface area contributed by atoms with Gasteiger partial charge in [-0.25, -0.2) is 0 Å². The third-order valence-electron chi connectivity index (χ3n) is 2.19. The molecule has 16 heavy (non-hydrogen) atoms. The molecule has 2 rings (SSSR count). The summed E-state index contributed by atoms with van der Waals surface area (Å²) in [5.74, 6) is -0.947. The van der Waals surface area contributed by atoms with Crippen molar-refractivity contribution in [3.8, 4) is 6.07 Å². The highest BCUT2D eigenvalue weighted by Gasteiger charge is 2.36. The number of imide groups is 1. The predicted octanol–water partition coefficient (Wildman–Crippen LogP) is 1.13. The zero-order chi connectivity index (χ0) is 11.5. The maximum atomic E-state index is 11.7. The summed E-state index contributed by atoms with van der Waals surface area (Å²) in [6, 6.07) is 8.38. The molecule has 0 aromatic heterocycles. The van der Waals surface area contributed by atoms with Crippen LogP contribution in [0.3, 0.4) is 0 Å². The van der Waals surface area contributed by atoms with Crippen LogP contribution >= 0.6 is 0 Å². The number of hydrogen-bond acceptors (Lipinski definition) is 4. The SMILES string of the molecule is N#CCCON1C(=O)c2ccccc2C1=O. The minimum absolute atomic E-state index is 0.0297. The van der Waals surface area contributed by atoms with Crippen LogP contribution in [0, 0.1) is 11.3 Å². The number of benzene rings is 1. The molecule has 1 aliphatic heterocycles. The molecule has 2 amide bonds. The predicted molar refractivity (Wildman–Crippen MR) is 53.1 cm³/mol. The first-order valence-corrected chi connectivity index (χ1v) is 4.73. The minimum atomic E-state index is -0.474. The zero-order valence-corrected chi connectivity index (χ0v) is 8.34. The van der Waals surface area contributed by atoms with Crippen LogP contribution in [-0.2, 0) is 4.84 Å². The van der Waals surface area contributed by atoms with E-state index in [2.05, 4.69) is 0 Å². The minimum Gasteiger partial charge on any atom is -0.266 e. The van der Waals surface area contributed by atoms with Gasteiger partial charge in [-0.1, -0.05) is 12.1 Å². The van der Waals surface area contributed by atoms with Crippen LogP contribution in [-0.4, -0.2) is 23.5 Å². The highest BCUT2D eigenvalue weighted by atomic mass is 16.7. The summed E-state index contributed by atoms with van der Waals surface area (Å²) in [5.41, 5.74) is 0.675. The van der Waals surface area contributed by atoms with Crippen molar-refractivity contribution in [2.24, 2.45) is 0 Å². The lowest BCUT2D eigenvalue weighted by Crippen LogP contribution is -2.30. The van der Waals surface area contributed by atoms with Gasteiger partial charge in [0.15, 0.2) is 0 Å². The molecule has 0 fully saturated rings. The van der Waals surface area contributed by atoms with Crippen molar-refractivity contribution in [1.29, 1.82) is 5.26 Å². The number of amides is 2. The summed E-state index contributed by atoms with van der Waals surface area (Å²) < 4.78 is 0. The Bertz CT molecular complexity index is 455. The Morgan fingerprint density at radius 2 is 1.75 bits per heavy atom. The molecule has 0 spiro atoms. The first-order chi connectivity index (χ1) is 7.75. The molecule has 1 aliphatic rings. The lowest BCUT2D eigenvalue weighted by atomic mass is 10.1. The van der Waals surface area contributed by atoms with E-state index in [9.17, 15) is 9.59 Å². The molecule has 0 N–H and O–H groups in total. The van der Waals surface area contributed by atoms with Crippen molar-refractivity contribution in [1.82, 2.24) is 5.06 Å². The number of hydrogen-bond donors (Lipinski definition) is 0. The Balaban J connectivity index is 2.19. The van der Waals surface area contributed by atoms with Crippen molar-refractivity contribution in [2.45, 2.75) is 6.42 Å². The van der Waals surface area contributed by atoms with Crippen LogP contribution in [0.5, 0.6) is 0 Å². The average molecular weight is 216 g/mol. The second-order valence-electron chi connectivity index (χ2n) is 3.19. The number of carbonyl (C=O) groups excluding carboxylic acids is 2. The molecule has 5 nitrogen and oxygen atoms in total. The van der Waals surface area contributed by atoms with Crippen molar-refractivity contribution in [3.05, 3.63) is 35.4 Å². The van der Waals surface area contributed by atoms with Crippen LogP contribution in [0.25, 0.3) is 0 Å². The van der Waals surface area contributed by atoms with E-state index in [1.54, 1.807) is 24.3 Å². The van der Waals surface area contributed by atoms with Crippen molar-refractivity contribution in [2.75, 3.05) is 6.61 Å². The highest BCUT2D eigenvalue weighted by molar-refractivity contribution is 6.20. The molecule has 0 saturated carbocycles. The smallest absolute Gasteiger partial charge is 0.266 e. The quantitative estimate of drug-likeness (QED) is 0.561. The summed E-state index contributed by atoms with van der Waals surface area (Å²) in [5, 5.41) is 9.04. The molecular weight excluding hydrogens is 208 g/mol. The molecule has 5 heteroatoms. The van der Waals surface area contributed by atoms with E-state index in [0.717, 1.165) is 0 Å². The van der Waals surface area contributed by atoms with Crippen molar-refractivity contribution in [3.63, 3.8) is 0 Å². The van der Waals surface area contributed by atoms with Gasteiger partial charge in [0, 0.05) is 0 Å². The van der Waals surface area contributed by atoms with Gasteiger partial charge in [-0.15, -0.1) is 5.06 Å². The standard InChI is InChI=1S/C11H8N2O3/c12-6-3-7-16-13-10(14)8-4-1-2-5-9(8)11(13)15/h1-2,4-5H,3,7H2. The van der Waals surface area contributed by atoms with E-state index in [0.29, 0.717) is 16.2 Å². The Kier molecular flexibility index (Phi) is 2.66. The van der Waals surface area contributed by atoms with Crippen LogP contribution in [0.4, 0.5) is 0 Å². The lowest BCUT2D eigenvalue weighted by molar-refractivity contribution is -0.0893. The van der Waals surface area contributed by atoms with Crippen LogP contribution < -0.4 is 0 Å². The third-order valence-corrected chi connectivity index (χ3v) is 2.19. The van der Waals surface area contributed by atoms with Crippen molar-refractivity contribution >= 4 is 11.8 Å². The maximum Gasteiger partial charge on any atom is 0.285 e. The van der Waals surface area contributed by atoms with Gasteiger partial charge in [0.2, 0.25) is 0 Å². The van der Waals surface area contributed by atoms with E-state index in [4.69, 9.17) is 10.1 Å². The van der Waals surface area contributed by atoms with Gasteiger partial charge in [-0.3, -0.25) is 14.4 Å². The first-order valence-electron chi connectivity index (χ1n) is 4.73. The molecule has 0 radical (unpaired) electrons. The zero-order valence-electron chi connectivity index (χ0n) is 8.34. The fraction of sp³-hybridized carbons (Fsp3) is 0.182. The Hall–Kier alpha value is -2.19. The molecule has 1 heterocycles. The van der Waals surface area contributed by atoms with Gasteiger partial charge in [-0.2, -0.15) is 5.26 Å².